The van der Waals surface area contributed by atoms with Gasteiger partial charge in [-0.05, 0) is 24.3 Å². The van der Waals surface area contributed by atoms with E-state index in [1.165, 1.54) is 0 Å². The zero-order chi connectivity index (χ0) is 11.9. The summed E-state index contributed by atoms with van der Waals surface area (Å²) >= 11 is 0. The molecule has 3 heteroatoms. The topological polar surface area (TPSA) is 38.7 Å². The molecule has 2 aromatic rings. The van der Waals surface area contributed by atoms with E-state index in [4.69, 9.17) is 14.6 Å². The minimum absolute atomic E-state index is 0.0300. The molecule has 3 nitrogen and oxygen atoms in total. The molecule has 0 fully saturated rings. The first-order chi connectivity index (χ1) is 8.38. The number of aliphatic hydroxyl groups excluding tert-OH is 1. The standard InChI is InChI=1S/C14H12O3/c15-11-14(16-12-7-3-1-4-8-12)17-13-9-5-2-6-10-13/h1-11,15H. The molecule has 86 valence electrons. The van der Waals surface area contributed by atoms with Crippen LogP contribution in [0.4, 0.5) is 0 Å². The van der Waals surface area contributed by atoms with Crippen LogP contribution in [0.2, 0.25) is 0 Å². The van der Waals surface area contributed by atoms with Crippen LogP contribution in [0.25, 0.3) is 0 Å². The van der Waals surface area contributed by atoms with E-state index >= 15 is 0 Å². The summed E-state index contributed by atoms with van der Waals surface area (Å²) in [4.78, 5) is 0. The predicted octanol–water partition coefficient (Wildman–Crippen LogP) is 3.50. The lowest BCUT2D eigenvalue weighted by Gasteiger charge is -2.09. The van der Waals surface area contributed by atoms with E-state index in [1.807, 2.05) is 36.4 Å². The molecule has 0 spiro atoms. The normalized spacial score (nSPS) is 9.41. The lowest BCUT2D eigenvalue weighted by atomic mass is 10.3. The highest BCUT2D eigenvalue weighted by Crippen LogP contribution is 2.17. The smallest absolute Gasteiger partial charge is 0.326 e. The minimum Gasteiger partial charge on any atom is -0.508 e. The van der Waals surface area contributed by atoms with Gasteiger partial charge in [-0.1, -0.05) is 36.4 Å². The fourth-order valence-corrected chi connectivity index (χ4v) is 1.28. The van der Waals surface area contributed by atoms with E-state index in [0.29, 0.717) is 11.5 Å². The van der Waals surface area contributed by atoms with Crippen molar-refractivity contribution in [3.8, 4) is 11.5 Å². The first kappa shape index (κ1) is 11.1. The third-order valence-electron chi connectivity index (χ3n) is 2.03. The molecule has 0 bridgehead atoms. The Morgan fingerprint density at radius 3 is 1.53 bits per heavy atom. The van der Waals surface area contributed by atoms with Gasteiger partial charge in [0, 0.05) is 0 Å². The second kappa shape index (κ2) is 5.61. The Labute approximate surface area is 99.6 Å². The number of aliphatic hydroxyl groups is 1. The van der Waals surface area contributed by atoms with Crippen molar-refractivity contribution in [2.45, 2.75) is 0 Å². The van der Waals surface area contributed by atoms with Gasteiger partial charge in [0.25, 0.3) is 0 Å². The van der Waals surface area contributed by atoms with Gasteiger partial charge in [-0.25, -0.2) is 0 Å². The zero-order valence-electron chi connectivity index (χ0n) is 9.11. The van der Waals surface area contributed by atoms with E-state index < -0.39 is 0 Å². The van der Waals surface area contributed by atoms with E-state index in [0.717, 1.165) is 6.26 Å². The molecule has 0 aromatic heterocycles. The molecule has 2 aromatic carbocycles. The maximum Gasteiger partial charge on any atom is 0.326 e. The highest BCUT2D eigenvalue weighted by atomic mass is 16.7. The summed E-state index contributed by atoms with van der Waals surface area (Å²) in [5.41, 5.74) is 0. The molecule has 0 aliphatic carbocycles. The van der Waals surface area contributed by atoms with Crippen LogP contribution in [-0.2, 0) is 0 Å². The minimum atomic E-state index is 0.0300. The Morgan fingerprint density at radius 2 is 1.18 bits per heavy atom. The highest BCUT2D eigenvalue weighted by molar-refractivity contribution is 5.25. The molecule has 1 N–H and O–H groups in total. The Bertz CT molecular complexity index is 434. The number of hydrogen-bond donors (Lipinski definition) is 1. The van der Waals surface area contributed by atoms with Crippen molar-refractivity contribution in [1.82, 2.24) is 0 Å². The summed E-state index contributed by atoms with van der Waals surface area (Å²) in [7, 11) is 0. The number of ether oxygens (including phenoxy) is 2. The molecule has 0 radical (unpaired) electrons. The highest BCUT2D eigenvalue weighted by Gasteiger charge is 2.03. The molecule has 0 heterocycles. The quantitative estimate of drug-likeness (QED) is 0.814. The SMILES string of the molecule is OC=C(Oc1ccccc1)Oc1ccccc1. The summed E-state index contributed by atoms with van der Waals surface area (Å²) in [6.07, 6.45) is 0.792. The van der Waals surface area contributed by atoms with Crippen LogP contribution >= 0.6 is 0 Å². The maximum absolute atomic E-state index is 9.04. The molecule has 0 aliphatic heterocycles. The first-order valence-electron chi connectivity index (χ1n) is 5.18. The average Bonchev–Trinajstić information content (AvgIpc) is 2.40. The van der Waals surface area contributed by atoms with Gasteiger partial charge in [0.15, 0.2) is 6.26 Å². The first-order valence-corrected chi connectivity index (χ1v) is 5.18. The molecular formula is C14H12O3. The molecule has 2 rings (SSSR count). The van der Waals surface area contributed by atoms with E-state index in [2.05, 4.69) is 0 Å². The van der Waals surface area contributed by atoms with Gasteiger partial charge in [0.05, 0.1) is 0 Å². The van der Waals surface area contributed by atoms with Crippen LogP contribution in [0.15, 0.2) is 72.9 Å². The summed E-state index contributed by atoms with van der Waals surface area (Å²) in [5.74, 6) is 1.23. The van der Waals surface area contributed by atoms with Crippen molar-refractivity contribution in [3.05, 3.63) is 72.9 Å². The van der Waals surface area contributed by atoms with Crippen LogP contribution in [0.5, 0.6) is 11.5 Å². The maximum atomic E-state index is 9.04. The molecule has 0 aliphatic rings. The fourth-order valence-electron chi connectivity index (χ4n) is 1.28. The predicted molar refractivity (Wildman–Crippen MR) is 64.9 cm³/mol. The van der Waals surface area contributed by atoms with Crippen LogP contribution in [-0.4, -0.2) is 5.11 Å². The van der Waals surface area contributed by atoms with Gasteiger partial charge in [-0.2, -0.15) is 0 Å². The lowest BCUT2D eigenvalue weighted by molar-refractivity contribution is 0.205. The Kier molecular flexibility index (Phi) is 3.65. The van der Waals surface area contributed by atoms with Crippen molar-refractivity contribution in [3.63, 3.8) is 0 Å². The molecular weight excluding hydrogens is 216 g/mol. The molecule has 0 amide bonds. The summed E-state index contributed by atoms with van der Waals surface area (Å²) in [6.45, 7) is 0. The molecule has 0 unspecified atom stereocenters. The second-order valence-corrected chi connectivity index (χ2v) is 3.28. The fraction of sp³-hybridized carbons (Fsp3) is 0. The largest absolute Gasteiger partial charge is 0.508 e. The van der Waals surface area contributed by atoms with Gasteiger partial charge < -0.3 is 14.6 Å². The van der Waals surface area contributed by atoms with Crippen molar-refractivity contribution in [1.29, 1.82) is 0 Å². The Balaban J connectivity index is 2.04. The van der Waals surface area contributed by atoms with Crippen molar-refractivity contribution in [2.24, 2.45) is 0 Å². The Morgan fingerprint density at radius 1 is 0.765 bits per heavy atom. The number of para-hydroxylation sites is 2. The van der Waals surface area contributed by atoms with Crippen molar-refractivity contribution >= 4 is 0 Å². The third-order valence-corrected chi connectivity index (χ3v) is 2.03. The molecule has 17 heavy (non-hydrogen) atoms. The molecule has 0 saturated heterocycles. The van der Waals surface area contributed by atoms with Gasteiger partial charge in [-0.3, -0.25) is 0 Å². The summed E-state index contributed by atoms with van der Waals surface area (Å²) in [6, 6.07) is 18.2. The lowest BCUT2D eigenvalue weighted by Crippen LogP contribution is -2.03. The van der Waals surface area contributed by atoms with Crippen LogP contribution < -0.4 is 9.47 Å². The number of benzene rings is 2. The van der Waals surface area contributed by atoms with Gasteiger partial charge >= 0.3 is 5.95 Å². The summed E-state index contributed by atoms with van der Waals surface area (Å²) < 4.78 is 10.7. The van der Waals surface area contributed by atoms with Gasteiger partial charge in [-0.15, -0.1) is 0 Å². The van der Waals surface area contributed by atoms with Crippen LogP contribution in [0, 0.1) is 0 Å². The third kappa shape index (κ3) is 3.28. The van der Waals surface area contributed by atoms with Gasteiger partial charge in [0.1, 0.15) is 11.5 Å². The van der Waals surface area contributed by atoms with Crippen LogP contribution in [0.1, 0.15) is 0 Å². The van der Waals surface area contributed by atoms with E-state index in [1.54, 1.807) is 24.3 Å². The van der Waals surface area contributed by atoms with E-state index in [-0.39, 0.29) is 5.95 Å². The van der Waals surface area contributed by atoms with Gasteiger partial charge in [0.2, 0.25) is 0 Å². The number of hydrogen-bond acceptors (Lipinski definition) is 3. The second-order valence-electron chi connectivity index (χ2n) is 3.28. The average molecular weight is 228 g/mol. The summed E-state index contributed by atoms with van der Waals surface area (Å²) in [5, 5.41) is 9.04. The van der Waals surface area contributed by atoms with Crippen LogP contribution in [0.3, 0.4) is 0 Å². The molecule has 0 atom stereocenters. The van der Waals surface area contributed by atoms with E-state index in [9.17, 15) is 0 Å². The zero-order valence-corrected chi connectivity index (χ0v) is 9.11. The van der Waals surface area contributed by atoms with Crippen molar-refractivity contribution in [2.75, 3.05) is 0 Å². The van der Waals surface area contributed by atoms with Crippen molar-refractivity contribution < 1.29 is 14.6 Å². The monoisotopic (exact) mass is 228 g/mol. The Hall–Kier alpha value is -2.42. The molecule has 0 saturated carbocycles. The number of rotatable bonds is 4.